The van der Waals surface area contributed by atoms with E-state index in [1.165, 1.54) is 0 Å². The molecule has 9 heteroatoms. The van der Waals surface area contributed by atoms with Crippen LogP contribution in [-0.2, 0) is 0 Å². The number of nitrogens with one attached hydrogen (secondary N) is 2. The first-order valence-electron chi connectivity index (χ1n) is 7.80. The largest absolute Gasteiger partial charge is 0.433 e. The van der Waals surface area contributed by atoms with Gasteiger partial charge in [0.1, 0.15) is 17.1 Å². The summed E-state index contributed by atoms with van der Waals surface area (Å²) in [5.41, 5.74) is 0.841. The lowest BCUT2D eigenvalue weighted by molar-refractivity contribution is -0.0744. The van der Waals surface area contributed by atoms with E-state index in [0.717, 1.165) is 30.7 Å². The van der Waals surface area contributed by atoms with Crippen LogP contribution in [0.2, 0.25) is 0 Å². The molecule has 1 saturated carbocycles. The summed E-state index contributed by atoms with van der Waals surface area (Å²) < 4.78 is 40.9. The average molecular weight is 378 g/mol. The topological polar surface area (TPSA) is 59.0 Å². The number of carbonyl (C=O) groups is 1. The fourth-order valence-electron chi connectivity index (χ4n) is 2.67. The molecule has 4 rings (SSSR count). The first-order chi connectivity index (χ1) is 12.3. The highest BCUT2D eigenvalue weighted by molar-refractivity contribution is 7.80. The van der Waals surface area contributed by atoms with Crippen LogP contribution in [0.3, 0.4) is 0 Å². The van der Waals surface area contributed by atoms with E-state index in [2.05, 4.69) is 28.4 Å². The summed E-state index contributed by atoms with van der Waals surface area (Å²) in [5.74, 6) is -0.563. The van der Waals surface area contributed by atoms with Crippen LogP contribution >= 0.6 is 12.6 Å². The maximum Gasteiger partial charge on any atom is 0.433 e. The minimum Gasteiger partial charge on any atom is -0.339 e. The normalized spacial score (nSPS) is 15.9. The van der Waals surface area contributed by atoms with Crippen molar-refractivity contribution in [2.45, 2.75) is 23.9 Å². The highest BCUT2D eigenvalue weighted by atomic mass is 32.1. The number of para-hydroxylation sites is 1. The number of aromatic nitrogens is 2. The van der Waals surface area contributed by atoms with E-state index < -0.39 is 17.8 Å². The highest BCUT2D eigenvalue weighted by Crippen LogP contribution is 2.41. The van der Waals surface area contributed by atoms with Gasteiger partial charge in [0.05, 0.1) is 11.9 Å². The van der Waals surface area contributed by atoms with Gasteiger partial charge >= 0.3 is 6.18 Å². The van der Waals surface area contributed by atoms with Crippen molar-refractivity contribution >= 4 is 35.7 Å². The maximum absolute atomic E-state index is 13.4. The minimum absolute atomic E-state index is 0.00312. The van der Waals surface area contributed by atoms with Crippen LogP contribution < -0.4 is 10.6 Å². The molecule has 1 aromatic heterocycles. The molecule has 134 valence electrons. The van der Waals surface area contributed by atoms with Crippen molar-refractivity contribution in [3.63, 3.8) is 0 Å². The van der Waals surface area contributed by atoms with Gasteiger partial charge in [-0.05, 0) is 36.6 Å². The molecule has 2 N–H and O–H groups in total. The van der Waals surface area contributed by atoms with Gasteiger partial charge in [-0.3, -0.25) is 4.79 Å². The summed E-state index contributed by atoms with van der Waals surface area (Å²) in [5, 5.41) is 9.33. The number of anilines is 2. The van der Waals surface area contributed by atoms with Crippen molar-refractivity contribution in [3.8, 4) is 0 Å². The first-order valence-corrected chi connectivity index (χ1v) is 8.25. The van der Waals surface area contributed by atoms with Gasteiger partial charge in [-0.25, -0.2) is 4.68 Å². The molecule has 2 aromatic rings. The summed E-state index contributed by atoms with van der Waals surface area (Å²) in [4.78, 5) is 13.1. The third-order valence-electron chi connectivity index (χ3n) is 4.10. The van der Waals surface area contributed by atoms with Crippen LogP contribution in [0.25, 0.3) is 5.70 Å². The van der Waals surface area contributed by atoms with Crippen LogP contribution in [0.15, 0.2) is 52.7 Å². The molecule has 1 aliphatic carbocycles. The molecule has 1 amide bonds. The summed E-state index contributed by atoms with van der Waals surface area (Å²) in [6, 6.07) is 6.84. The number of fused-ring (bicyclic) bond motifs is 1. The Balaban J connectivity index is 1.72. The zero-order valence-electron chi connectivity index (χ0n) is 13.3. The van der Waals surface area contributed by atoms with Crippen LogP contribution in [-0.4, -0.2) is 21.9 Å². The lowest BCUT2D eigenvalue weighted by atomic mass is 10.2. The zero-order chi connectivity index (χ0) is 18.5. The predicted molar refractivity (Wildman–Crippen MR) is 94.1 cm³/mol. The van der Waals surface area contributed by atoms with Gasteiger partial charge < -0.3 is 10.6 Å². The van der Waals surface area contributed by atoms with Crippen LogP contribution in [0.1, 0.15) is 23.2 Å². The van der Waals surface area contributed by atoms with Gasteiger partial charge in [-0.2, -0.15) is 18.3 Å². The Morgan fingerprint density at radius 1 is 1.27 bits per heavy atom. The number of hydrogen-bond acceptors (Lipinski definition) is 4. The van der Waals surface area contributed by atoms with E-state index >= 15 is 0 Å². The summed E-state index contributed by atoms with van der Waals surface area (Å²) in [6.07, 6.45) is -0.944. The Hall–Kier alpha value is -2.68. The Labute approximate surface area is 152 Å². The van der Waals surface area contributed by atoms with E-state index in [1.807, 2.05) is 0 Å². The van der Waals surface area contributed by atoms with Crippen molar-refractivity contribution in [3.05, 3.63) is 53.4 Å². The van der Waals surface area contributed by atoms with Gasteiger partial charge in [0, 0.05) is 10.6 Å². The molecule has 0 unspecified atom stereocenters. The quantitative estimate of drug-likeness (QED) is 0.683. The summed E-state index contributed by atoms with van der Waals surface area (Å²) in [6.45, 7) is 0. The lowest BCUT2D eigenvalue weighted by Gasteiger charge is -2.22. The third kappa shape index (κ3) is 2.98. The van der Waals surface area contributed by atoms with Crippen molar-refractivity contribution in [2.24, 2.45) is 0 Å². The summed E-state index contributed by atoms with van der Waals surface area (Å²) >= 11 is 4.25. The maximum atomic E-state index is 13.4. The molecular weight excluding hydrogens is 365 g/mol. The number of rotatable bonds is 2. The molecule has 1 fully saturated rings. The Kier molecular flexibility index (Phi) is 3.83. The Morgan fingerprint density at radius 3 is 2.65 bits per heavy atom. The second-order valence-corrected chi connectivity index (χ2v) is 6.44. The third-order valence-corrected chi connectivity index (χ3v) is 4.49. The molecule has 1 aliphatic heterocycles. The predicted octanol–water partition coefficient (Wildman–Crippen LogP) is 4.30. The highest BCUT2D eigenvalue weighted by Gasteiger charge is 2.41. The SMILES string of the molecule is O=C(Nc1ccccc1S)c1cnn2c1NC(=C1CC1)C=C2C(F)(F)F. The molecule has 2 heterocycles. The van der Waals surface area contributed by atoms with Crippen LogP contribution in [0.4, 0.5) is 24.7 Å². The van der Waals surface area contributed by atoms with Crippen molar-refractivity contribution in [1.82, 2.24) is 9.78 Å². The van der Waals surface area contributed by atoms with E-state index in [1.54, 1.807) is 24.3 Å². The number of hydrogen-bond donors (Lipinski definition) is 3. The molecule has 26 heavy (non-hydrogen) atoms. The number of halogens is 3. The van der Waals surface area contributed by atoms with Gasteiger partial charge in [0.2, 0.25) is 0 Å². The Morgan fingerprint density at radius 2 is 2.00 bits per heavy atom. The second-order valence-electron chi connectivity index (χ2n) is 5.96. The van der Waals surface area contributed by atoms with Crippen LogP contribution in [0.5, 0.6) is 0 Å². The molecule has 0 radical (unpaired) electrons. The van der Waals surface area contributed by atoms with E-state index in [-0.39, 0.29) is 11.4 Å². The van der Waals surface area contributed by atoms with Gasteiger partial charge in [-0.15, -0.1) is 12.6 Å². The second kappa shape index (κ2) is 5.94. The molecule has 0 bridgehead atoms. The fraction of sp³-hybridized carbons (Fsp3) is 0.176. The number of alkyl halides is 3. The van der Waals surface area contributed by atoms with E-state index in [9.17, 15) is 18.0 Å². The first kappa shape index (κ1) is 16.8. The molecule has 2 aliphatic rings. The smallest absolute Gasteiger partial charge is 0.339 e. The summed E-state index contributed by atoms with van der Waals surface area (Å²) in [7, 11) is 0. The number of thiol groups is 1. The molecule has 5 nitrogen and oxygen atoms in total. The molecule has 0 spiro atoms. The van der Waals surface area contributed by atoms with Gasteiger partial charge in [0.25, 0.3) is 5.91 Å². The Bertz CT molecular complexity index is 969. The fourth-order valence-corrected chi connectivity index (χ4v) is 2.89. The minimum atomic E-state index is -4.59. The standard InChI is InChI=1S/C17H13F3N4OS/c18-17(19,20)14-7-12(9-5-6-9)22-15-10(8-21-24(14)15)16(25)23-11-3-1-2-4-13(11)26/h1-4,7-8,22,26H,5-6H2,(H,23,25). The lowest BCUT2D eigenvalue weighted by Crippen LogP contribution is -2.24. The molecular formula is C17H13F3N4OS. The van der Waals surface area contributed by atoms with Crippen molar-refractivity contribution in [2.75, 3.05) is 10.6 Å². The van der Waals surface area contributed by atoms with E-state index in [4.69, 9.17) is 0 Å². The number of carbonyl (C=O) groups excluding carboxylic acids is 1. The van der Waals surface area contributed by atoms with Crippen molar-refractivity contribution in [1.29, 1.82) is 0 Å². The number of allylic oxidation sites excluding steroid dienone is 3. The molecule has 1 aromatic carbocycles. The van der Waals surface area contributed by atoms with Crippen LogP contribution in [0, 0.1) is 0 Å². The zero-order valence-corrected chi connectivity index (χ0v) is 14.2. The number of amides is 1. The van der Waals surface area contributed by atoms with Gasteiger partial charge in [-0.1, -0.05) is 12.1 Å². The molecule has 0 atom stereocenters. The average Bonchev–Trinajstić information content (AvgIpc) is 3.34. The molecule has 0 saturated heterocycles. The number of nitrogens with zero attached hydrogens (tertiary/aromatic N) is 2. The van der Waals surface area contributed by atoms with E-state index in [0.29, 0.717) is 21.0 Å². The van der Waals surface area contributed by atoms with Gasteiger partial charge in [0.15, 0.2) is 0 Å². The van der Waals surface area contributed by atoms with Crippen molar-refractivity contribution < 1.29 is 18.0 Å². The number of benzene rings is 1. The monoisotopic (exact) mass is 378 g/mol.